The van der Waals surface area contributed by atoms with Crippen molar-refractivity contribution in [3.8, 4) is 0 Å². The van der Waals surface area contributed by atoms with E-state index in [1.807, 2.05) is 0 Å². The van der Waals surface area contributed by atoms with Gasteiger partial charge in [-0.05, 0) is 44.2 Å². The lowest BCUT2D eigenvalue weighted by Crippen LogP contribution is -2.41. The Morgan fingerprint density at radius 2 is 1.82 bits per heavy atom. The molecule has 2 aromatic carbocycles. The molecule has 34 heavy (non-hydrogen) atoms. The summed E-state index contributed by atoms with van der Waals surface area (Å²) in [6.07, 6.45) is 3.95. The zero-order valence-electron chi connectivity index (χ0n) is 18.3. The molecular weight excluding hydrogens is 449 g/mol. The van der Waals surface area contributed by atoms with Gasteiger partial charge in [0.2, 0.25) is 0 Å². The number of benzene rings is 2. The van der Waals surface area contributed by atoms with Crippen LogP contribution < -0.4 is 5.32 Å². The molecule has 4 rings (SSSR count). The Labute approximate surface area is 192 Å². The average Bonchev–Trinajstić information content (AvgIpc) is 3.44. The van der Waals surface area contributed by atoms with Crippen LogP contribution in [-0.2, 0) is 12.1 Å². The number of carbonyl (C=O) groups is 1. The van der Waals surface area contributed by atoms with Crippen molar-refractivity contribution in [2.45, 2.75) is 32.0 Å². The maximum Gasteiger partial charge on any atom is 0.259 e. The van der Waals surface area contributed by atoms with E-state index in [4.69, 9.17) is 0 Å². The molecule has 0 aliphatic carbocycles. The average molecular weight is 470 g/mol. The number of halogens is 3. The van der Waals surface area contributed by atoms with E-state index in [-0.39, 0.29) is 17.7 Å². The molecule has 2 unspecified atom stereocenters. The predicted molar refractivity (Wildman–Crippen MR) is 116 cm³/mol. The summed E-state index contributed by atoms with van der Waals surface area (Å²) in [6, 6.07) is 7.27. The second-order valence-corrected chi connectivity index (χ2v) is 7.87. The molecule has 1 amide bonds. The molecule has 8 nitrogen and oxygen atoms in total. The highest BCUT2D eigenvalue weighted by molar-refractivity contribution is 6.04. The summed E-state index contributed by atoms with van der Waals surface area (Å²) in [4.78, 5) is 16.6. The first kappa shape index (κ1) is 23.2. The van der Waals surface area contributed by atoms with Crippen LogP contribution in [0.3, 0.4) is 0 Å². The first-order chi connectivity index (χ1) is 16.2. The summed E-state index contributed by atoms with van der Waals surface area (Å²) in [7, 11) is 0. The van der Waals surface area contributed by atoms with Crippen molar-refractivity contribution in [1.29, 1.82) is 0 Å². The van der Waals surface area contributed by atoms with Crippen molar-refractivity contribution in [2.75, 3.05) is 5.32 Å². The fourth-order valence-corrected chi connectivity index (χ4v) is 3.81. The summed E-state index contributed by atoms with van der Waals surface area (Å²) >= 11 is 0. The number of carbonyl (C=O) groups excluding carboxylic acids is 1. The zero-order chi connectivity index (χ0) is 24.5. The minimum absolute atomic E-state index is 0.163. The van der Waals surface area contributed by atoms with E-state index in [2.05, 4.69) is 20.5 Å². The second-order valence-electron chi connectivity index (χ2n) is 7.87. The molecule has 0 bridgehead atoms. The molecule has 0 aliphatic rings. The molecule has 2 atom stereocenters. The van der Waals surface area contributed by atoms with E-state index < -0.39 is 35.0 Å². The molecule has 2 aromatic heterocycles. The number of hydrogen-bond acceptors (Lipinski definition) is 5. The highest BCUT2D eigenvalue weighted by Gasteiger charge is 2.41. The van der Waals surface area contributed by atoms with Crippen LogP contribution in [0.2, 0.25) is 0 Å². The number of aromatic nitrogens is 5. The Hall–Kier alpha value is -3.99. The Balaban J connectivity index is 1.69. The number of nitrogens with zero attached hydrogens (tertiary/aromatic N) is 5. The van der Waals surface area contributed by atoms with Crippen molar-refractivity contribution in [2.24, 2.45) is 0 Å². The molecule has 176 valence electrons. The first-order valence-corrected chi connectivity index (χ1v) is 10.3. The van der Waals surface area contributed by atoms with E-state index in [9.17, 15) is 23.1 Å². The Morgan fingerprint density at radius 3 is 2.47 bits per heavy atom. The van der Waals surface area contributed by atoms with Gasteiger partial charge in [-0.3, -0.25) is 9.48 Å². The summed E-state index contributed by atoms with van der Waals surface area (Å²) in [5.41, 5.74) is -1.11. The first-order valence-electron chi connectivity index (χ1n) is 10.3. The number of amides is 1. The zero-order valence-corrected chi connectivity index (χ0v) is 18.3. The topological polar surface area (TPSA) is 97.9 Å². The molecule has 2 N–H and O–H groups in total. The Kier molecular flexibility index (Phi) is 6.20. The number of aliphatic hydroxyl groups is 1. The van der Waals surface area contributed by atoms with Crippen LogP contribution in [-0.4, -0.2) is 35.6 Å². The normalized spacial score (nSPS) is 13.9. The number of hydrogen-bond donors (Lipinski definition) is 2. The molecular formula is C23H21F3N6O2. The van der Waals surface area contributed by atoms with Gasteiger partial charge in [-0.1, -0.05) is 6.07 Å². The van der Waals surface area contributed by atoms with Gasteiger partial charge >= 0.3 is 0 Å². The van der Waals surface area contributed by atoms with Crippen molar-refractivity contribution >= 4 is 11.6 Å². The van der Waals surface area contributed by atoms with E-state index >= 15 is 0 Å². The van der Waals surface area contributed by atoms with Crippen LogP contribution >= 0.6 is 0 Å². The minimum atomic E-state index is -1.94. The fourth-order valence-electron chi connectivity index (χ4n) is 3.81. The van der Waals surface area contributed by atoms with Crippen LogP contribution in [0.5, 0.6) is 0 Å². The maximum atomic E-state index is 14.8. The number of rotatable bonds is 7. The quantitative estimate of drug-likeness (QED) is 0.430. The summed E-state index contributed by atoms with van der Waals surface area (Å²) < 4.78 is 44.2. The van der Waals surface area contributed by atoms with E-state index in [1.165, 1.54) is 58.5 Å². The van der Waals surface area contributed by atoms with Crippen LogP contribution in [0.1, 0.15) is 34.6 Å². The van der Waals surface area contributed by atoms with Gasteiger partial charge in [-0.2, -0.15) is 10.2 Å². The molecule has 0 fully saturated rings. The summed E-state index contributed by atoms with van der Waals surface area (Å²) in [6.45, 7) is 3.01. The van der Waals surface area contributed by atoms with E-state index in [0.29, 0.717) is 17.4 Å². The second kappa shape index (κ2) is 9.10. The molecule has 2 heterocycles. The number of nitrogens with one attached hydrogen (secondary N) is 1. The largest absolute Gasteiger partial charge is 0.381 e. The molecule has 0 aliphatic heterocycles. The third-order valence-electron chi connectivity index (χ3n) is 5.72. The van der Waals surface area contributed by atoms with Crippen LogP contribution in [0.4, 0.5) is 18.9 Å². The van der Waals surface area contributed by atoms with Crippen molar-refractivity contribution in [3.63, 3.8) is 0 Å². The van der Waals surface area contributed by atoms with Crippen LogP contribution in [0.15, 0.2) is 61.3 Å². The molecule has 0 saturated heterocycles. The fraction of sp³-hybridized carbons (Fsp3) is 0.217. The summed E-state index contributed by atoms with van der Waals surface area (Å²) in [5.74, 6) is -2.65. The third-order valence-corrected chi connectivity index (χ3v) is 5.72. The molecule has 11 heteroatoms. The van der Waals surface area contributed by atoms with Crippen molar-refractivity contribution < 1.29 is 23.1 Å². The maximum absolute atomic E-state index is 14.8. The molecule has 0 saturated carbocycles. The van der Waals surface area contributed by atoms with Gasteiger partial charge in [0.1, 0.15) is 35.7 Å². The minimum Gasteiger partial charge on any atom is -0.381 e. The predicted octanol–water partition coefficient (Wildman–Crippen LogP) is 3.60. The van der Waals surface area contributed by atoms with E-state index in [0.717, 1.165) is 6.07 Å². The Morgan fingerprint density at radius 1 is 1.12 bits per heavy atom. The molecule has 4 aromatic rings. The smallest absolute Gasteiger partial charge is 0.259 e. The van der Waals surface area contributed by atoms with Gasteiger partial charge in [0.15, 0.2) is 0 Å². The van der Waals surface area contributed by atoms with Gasteiger partial charge in [0.05, 0.1) is 24.3 Å². The Bertz CT molecular complexity index is 1310. The highest BCUT2D eigenvalue weighted by atomic mass is 19.1. The molecule has 0 spiro atoms. The van der Waals surface area contributed by atoms with E-state index in [1.54, 1.807) is 13.8 Å². The summed E-state index contributed by atoms with van der Waals surface area (Å²) in [5, 5.41) is 22.6. The highest BCUT2D eigenvalue weighted by Crippen LogP contribution is 2.37. The van der Waals surface area contributed by atoms with Crippen molar-refractivity contribution in [3.05, 3.63) is 95.6 Å². The SMILES string of the molecule is Cc1c(C(=O)Nc2ccc(F)cc2)cnn1C(C)C(O)(Cn1cncn1)c1ccc(F)cc1F. The van der Waals surface area contributed by atoms with Gasteiger partial charge in [-0.25, -0.2) is 22.8 Å². The lowest BCUT2D eigenvalue weighted by molar-refractivity contribution is -0.0375. The third kappa shape index (κ3) is 4.42. The van der Waals surface area contributed by atoms with Gasteiger partial charge < -0.3 is 10.4 Å². The van der Waals surface area contributed by atoms with Gasteiger partial charge in [-0.15, -0.1) is 0 Å². The lowest BCUT2D eigenvalue weighted by atomic mass is 9.86. The van der Waals surface area contributed by atoms with Crippen molar-refractivity contribution in [1.82, 2.24) is 24.5 Å². The standard InChI is InChI=1S/C23H21F3N6O2/c1-14-19(22(33)30-18-6-3-16(24)4-7-18)10-28-32(14)15(2)23(34,11-31-13-27-12-29-31)20-8-5-17(25)9-21(20)26/h3-10,12-13,15,34H,11H2,1-2H3,(H,30,33). The number of anilines is 1. The van der Waals surface area contributed by atoms with Gasteiger partial charge in [0.25, 0.3) is 5.91 Å². The van der Waals surface area contributed by atoms with Crippen LogP contribution in [0.25, 0.3) is 0 Å². The van der Waals surface area contributed by atoms with Gasteiger partial charge in [0, 0.05) is 23.0 Å². The lowest BCUT2D eigenvalue weighted by Gasteiger charge is -2.35. The van der Waals surface area contributed by atoms with Crippen LogP contribution in [0, 0.1) is 24.4 Å². The monoisotopic (exact) mass is 470 g/mol. The molecule has 0 radical (unpaired) electrons.